The van der Waals surface area contributed by atoms with Crippen molar-refractivity contribution in [2.24, 2.45) is 13.0 Å². The van der Waals surface area contributed by atoms with E-state index >= 15 is 0 Å². The van der Waals surface area contributed by atoms with Gasteiger partial charge in [-0.3, -0.25) is 9.48 Å². The van der Waals surface area contributed by atoms with Crippen LogP contribution in [0.4, 0.5) is 0 Å². The number of carbonyl (C=O) groups is 1. The number of nitriles is 1. The van der Waals surface area contributed by atoms with Crippen LogP contribution in [0.2, 0.25) is 0 Å². The number of carbonyl (C=O) groups excluding carboxylic acids is 1. The molecule has 0 saturated heterocycles. The zero-order valence-electron chi connectivity index (χ0n) is 16.1. The van der Waals surface area contributed by atoms with E-state index in [4.69, 9.17) is 0 Å². The fraction of sp³-hybridized carbons (Fsp3) is 0.286. The van der Waals surface area contributed by atoms with Crippen LogP contribution in [-0.2, 0) is 7.05 Å². The van der Waals surface area contributed by atoms with E-state index in [0.717, 1.165) is 17.8 Å². The highest BCUT2D eigenvalue weighted by Crippen LogP contribution is 2.24. The summed E-state index contributed by atoms with van der Waals surface area (Å²) in [5.41, 5.74) is 2.32. The standard InChI is InChI=1S/C21H22N6O/c1-14(2)10-18(20-24-13-25-27(20)3)26-21(28)16-7-4-6-15(11-16)17-8-5-9-23-19(17)12-22/h4-9,11,13-14,18H,10H2,1-3H3,(H,26,28)/t18-/m1/s1. The molecule has 3 aromatic rings. The highest BCUT2D eigenvalue weighted by Gasteiger charge is 2.21. The summed E-state index contributed by atoms with van der Waals surface area (Å²) in [5.74, 6) is 0.900. The second kappa shape index (κ2) is 8.44. The number of nitrogens with one attached hydrogen (secondary N) is 1. The zero-order valence-corrected chi connectivity index (χ0v) is 16.1. The van der Waals surface area contributed by atoms with Crippen LogP contribution in [0.15, 0.2) is 48.9 Å². The van der Waals surface area contributed by atoms with Crippen LogP contribution >= 0.6 is 0 Å². The smallest absolute Gasteiger partial charge is 0.251 e. The lowest BCUT2D eigenvalue weighted by Gasteiger charge is -2.20. The molecule has 0 aliphatic heterocycles. The zero-order chi connectivity index (χ0) is 20.1. The Hall–Kier alpha value is -3.53. The van der Waals surface area contributed by atoms with Gasteiger partial charge in [0.1, 0.15) is 23.9 Å². The number of aryl methyl sites for hydroxylation is 1. The van der Waals surface area contributed by atoms with Gasteiger partial charge in [-0.25, -0.2) is 9.97 Å². The number of amides is 1. The summed E-state index contributed by atoms with van der Waals surface area (Å²) in [7, 11) is 1.81. The Kier molecular flexibility index (Phi) is 5.80. The maximum atomic E-state index is 12.9. The van der Waals surface area contributed by atoms with Crippen LogP contribution in [0, 0.1) is 17.2 Å². The first-order valence-corrected chi connectivity index (χ1v) is 9.10. The molecule has 1 aromatic carbocycles. The molecular weight excluding hydrogens is 352 g/mol. The SMILES string of the molecule is CC(C)C[C@@H](NC(=O)c1cccc(-c2cccnc2C#N)c1)c1ncnn1C. The van der Waals surface area contributed by atoms with E-state index in [0.29, 0.717) is 22.7 Å². The first-order valence-electron chi connectivity index (χ1n) is 9.10. The fourth-order valence-corrected chi connectivity index (χ4v) is 3.12. The molecular formula is C21H22N6O. The fourth-order valence-electron chi connectivity index (χ4n) is 3.12. The second-order valence-corrected chi connectivity index (χ2v) is 6.99. The lowest BCUT2D eigenvalue weighted by molar-refractivity contribution is 0.0929. The van der Waals surface area contributed by atoms with Gasteiger partial charge < -0.3 is 5.32 Å². The van der Waals surface area contributed by atoms with Crippen molar-refractivity contribution in [2.75, 3.05) is 0 Å². The third-order valence-corrected chi connectivity index (χ3v) is 4.42. The summed E-state index contributed by atoms with van der Waals surface area (Å²) in [5, 5.41) is 16.5. The molecule has 0 saturated carbocycles. The first-order chi connectivity index (χ1) is 13.5. The van der Waals surface area contributed by atoms with Crippen molar-refractivity contribution in [1.29, 1.82) is 5.26 Å². The number of aromatic nitrogens is 4. The minimum atomic E-state index is -0.239. The quantitative estimate of drug-likeness (QED) is 0.714. The maximum absolute atomic E-state index is 12.9. The Morgan fingerprint density at radius 3 is 2.75 bits per heavy atom. The Morgan fingerprint density at radius 2 is 2.07 bits per heavy atom. The summed E-state index contributed by atoms with van der Waals surface area (Å²) >= 11 is 0. The maximum Gasteiger partial charge on any atom is 0.251 e. The second-order valence-electron chi connectivity index (χ2n) is 6.99. The molecule has 1 atom stereocenters. The molecule has 1 N–H and O–H groups in total. The van der Waals surface area contributed by atoms with Crippen LogP contribution in [0.1, 0.15) is 48.2 Å². The average Bonchev–Trinajstić information content (AvgIpc) is 3.13. The van der Waals surface area contributed by atoms with Gasteiger partial charge in [0.15, 0.2) is 0 Å². The van der Waals surface area contributed by atoms with E-state index in [9.17, 15) is 10.1 Å². The Bertz CT molecular complexity index is 1020. The number of benzene rings is 1. The van der Waals surface area contributed by atoms with Crippen LogP contribution < -0.4 is 5.32 Å². The van der Waals surface area contributed by atoms with Crippen LogP contribution in [0.5, 0.6) is 0 Å². The van der Waals surface area contributed by atoms with Gasteiger partial charge in [0.25, 0.3) is 5.91 Å². The summed E-state index contributed by atoms with van der Waals surface area (Å²) < 4.78 is 1.68. The third kappa shape index (κ3) is 4.23. The van der Waals surface area contributed by atoms with Crippen molar-refractivity contribution in [2.45, 2.75) is 26.3 Å². The largest absolute Gasteiger partial charge is 0.342 e. The Morgan fingerprint density at radius 1 is 1.25 bits per heavy atom. The molecule has 28 heavy (non-hydrogen) atoms. The van der Waals surface area contributed by atoms with Gasteiger partial charge in [0, 0.05) is 24.4 Å². The summed E-state index contributed by atoms with van der Waals surface area (Å²) in [6.07, 6.45) is 3.82. The molecule has 0 bridgehead atoms. The topological polar surface area (TPSA) is 96.5 Å². The highest BCUT2D eigenvalue weighted by molar-refractivity contribution is 5.95. The Labute approximate surface area is 164 Å². The molecule has 0 radical (unpaired) electrons. The molecule has 0 fully saturated rings. The summed E-state index contributed by atoms with van der Waals surface area (Å²) in [6, 6.07) is 12.6. The minimum absolute atomic E-state index is 0.196. The molecule has 142 valence electrons. The minimum Gasteiger partial charge on any atom is -0.342 e. The van der Waals surface area contributed by atoms with Crippen molar-refractivity contribution in [3.63, 3.8) is 0 Å². The monoisotopic (exact) mass is 374 g/mol. The molecule has 0 aliphatic carbocycles. The lowest BCUT2D eigenvalue weighted by atomic mass is 10.0. The van der Waals surface area contributed by atoms with Crippen molar-refractivity contribution in [3.8, 4) is 17.2 Å². The Balaban J connectivity index is 1.88. The number of pyridine rings is 1. The molecule has 7 heteroatoms. The summed E-state index contributed by atoms with van der Waals surface area (Å²) in [4.78, 5) is 21.3. The molecule has 7 nitrogen and oxygen atoms in total. The van der Waals surface area contributed by atoms with Crippen molar-refractivity contribution < 1.29 is 4.79 Å². The number of hydrogen-bond donors (Lipinski definition) is 1. The van der Waals surface area contributed by atoms with Gasteiger partial charge in [-0.2, -0.15) is 10.4 Å². The molecule has 3 rings (SSSR count). The van der Waals surface area contributed by atoms with E-state index in [1.165, 1.54) is 6.33 Å². The molecule has 1 amide bonds. The first kappa shape index (κ1) is 19.2. The van der Waals surface area contributed by atoms with E-state index in [-0.39, 0.29) is 11.9 Å². The van der Waals surface area contributed by atoms with Crippen molar-refractivity contribution in [3.05, 3.63) is 66.0 Å². The average molecular weight is 374 g/mol. The summed E-state index contributed by atoms with van der Waals surface area (Å²) in [6.45, 7) is 4.20. The van der Waals surface area contributed by atoms with Crippen molar-refractivity contribution >= 4 is 5.91 Å². The molecule has 2 heterocycles. The highest BCUT2D eigenvalue weighted by atomic mass is 16.1. The lowest BCUT2D eigenvalue weighted by Crippen LogP contribution is -2.31. The number of nitrogens with zero attached hydrogens (tertiary/aromatic N) is 5. The number of rotatable bonds is 6. The predicted octanol–water partition coefficient (Wildman–Crippen LogP) is 3.27. The third-order valence-electron chi connectivity index (χ3n) is 4.42. The predicted molar refractivity (Wildman–Crippen MR) is 105 cm³/mol. The van der Waals surface area contributed by atoms with Gasteiger partial charge in [-0.05, 0) is 42.2 Å². The molecule has 0 unspecified atom stereocenters. The molecule has 2 aromatic heterocycles. The van der Waals surface area contributed by atoms with Gasteiger partial charge in [0.2, 0.25) is 0 Å². The van der Waals surface area contributed by atoms with Crippen LogP contribution in [0.25, 0.3) is 11.1 Å². The van der Waals surface area contributed by atoms with Crippen molar-refractivity contribution in [1.82, 2.24) is 25.1 Å². The van der Waals surface area contributed by atoms with Gasteiger partial charge in [-0.1, -0.05) is 26.0 Å². The molecule has 0 spiro atoms. The molecule has 0 aliphatic rings. The van der Waals surface area contributed by atoms with Gasteiger partial charge in [0.05, 0.1) is 6.04 Å². The van der Waals surface area contributed by atoms with E-state index in [1.807, 2.05) is 19.2 Å². The van der Waals surface area contributed by atoms with E-state index < -0.39 is 0 Å². The van der Waals surface area contributed by atoms with E-state index in [1.54, 1.807) is 35.1 Å². The van der Waals surface area contributed by atoms with Crippen LogP contribution in [0.3, 0.4) is 0 Å². The van der Waals surface area contributed by atoms with Crippen LogP contribution in [-0.4, -0.2) is 25.7 Å². The van der Waals surface area contributed by atoms with Gasteiger partial charge in [-0.15, -0.1) is 0 Å². The van der Waals surface area contributed by atoms with E-state index in [2.05, 4.69) is 40.3 Å². The normalized spacial score (nSPS) is 11.8. The number of hydrogen-bond acceptors (Lipinski definition) is 5. The van der Waals surface area contributed by atoms with Gasteiger partial charge >= 0.3 is 0 Å².